The van der Waals surface area contributed by atoms with Gasteiger partial charge in [0.25, 0.3) is 0 Å². The zero-order valence-electron chi connectivity index (χ0n) is 17.4. The van der Waals surface area contributed by atoms with Gasteiger partial charge in [-0.15, -0.1) is 22.7 Å². The van der Waals surface area contributed by atoms with E-state index in [0.717, 1.165) is 26.8 Å². The van der Waals surface area contributed by atoms with Gasteiger partial charge in [-0.25, -0.2) is 9.78 Å². The first kappa shape index (κ1) is 22.0. The first-order chi connectivity index (χ1) is 14.4. The van der Waals surface area contributed by atoms with Gasteiger partial charge in [0.05, 0.1) is 36.5 Å². The van der Waals surface area contributed by atoms with Crippen LogP contribution in [0.4, 0.5) is 5.00 Å². The second kappa shape index (κ2) is 9.86. The minimum atomic E-state index is -0.418. The van der Waals surface area contributed by atoms with E-state index < -0.39 is 5.97 Å². The van der Waals surface area contributed by atoms with Gasteiger partial charge in [0.2, 0.25) is 5.91 Å². The molecule has 2 heterocycles. The number of ether oxygens (including phenoxy) is 2. The van der Waals surface area contributed by atoms with Crippen LogP contribution in [0.25, 0.3) is 10.6 Å². The highest BCUT2D eigenvalue weighted by molar-refractivity contribution is 7.16. The molecule has 3 aromatic rings. The lowest BCUT2D eigenvalue weighted by atomic mass is 10.1. The van der Waals surface area contributed by atoms with E-state index in [2.05, 4.69) is 10.3 Å². The first-order valence-electron chi connectivity index (χ1n) is 9.68. The molecule has 1 N–H and O–H groups in total. The number of para-hydroxylation sites is 1. The summed E-state index contributed by atoms with van der Waals surface area (Å²) in [5.74, 6) is 0.129. The molecular formula is C22H24N2O4S2. The molecule has 8 heteroatoms. The molecule has 30 heavy (non-hydrogen) atoms. The van der Waals surface area contributed by atoms with Gasteiger partial charge in [0.15, 0.2) is 0 Å². The molecule has 0 bridgehead atoms. The normalized spacial score (nSPS) is 10.7. The fraction of sp³-hybridized carbons (Fsp3) is 0.318. The third-order valence-corrected chi connectivity index (χ3v) is 6.48. The van der Waals surface area contributed by atoms with Gasteiger partial charge >= 0.3 is 5.97 Å². The van der Waals surface area contributed by atoms with Crippen LogP contribution in [0.2, 0.25) is 0 Å². The molecule has 0 radical (unpaired) electrons. The van der Waals surface area contributed by atoms with Gasteiger partial charge < -0.3 is 14.8 Å². The number of nitrogens with zero attached hydrogens (tertiary/aromatic N) is 1. The number of anilines is 1. The van der Waals surface area contributed by atoms with E-state index in [1.165, 1.54) is 22.7 Å². The molecule has 1 amide bonds. The maximum atomic E-state index is 12.6. The zero-order chi connectivity index (χ0) is 21.7. The maximum absolute atomic E-state index is 12.6. The number of thiophene rings is 1. The number of nitrogens with one attached hydrogen (secondary N) is 1. The molecule has 2 aromatic heterocycles. The van der Waals surface area contributed by atoms with Gasteiger partial charge in [0, 0.05) is 10.3 Å². The van der Waals surface area contributed by atoms with Crippen molar-refractivity contribution in [3.05, 3.63) is 51.3 Å². The topological polar surface area (TPSA) is 77.5 Å². The number of rotatable bonds is 8. The fourth-order valence-electron chi connectivity index (χ4n) is 2.94. The Bertz CT molecular complexity index is 1060. The highest BCUT2D eigenvalue weighted by Gasteiger charge is 2.22. The first-order valence-corrected chi connectivity index (χ1v) is 11.4. The third kappa shape index (κ3) is 4.88. The lowest BCUT2D eigenvalue weighted by molar-refractivity contribution is -0.115. The molecule has 3 rings (SSSR count). The van der Waals surface area contributed by atoms with Gasteiger partial charge in [-0.2, -0.15) is 0 Å². The zero-order valence-corrected chi connectivity index (χ0v) is 19.0. The molecule has 0 saturated carbocycles. The molecule has 0 spiro atoms. The van der Waals surface area contributed by atoms with Gasteiger partial charge in [0.1, 0.15) is 15.8 Å². The number of esters is 1. The lowest BCUT2D eigenvalue weighted by Crippen LogP contribution is -2.16. The minimum absolute atomic E-state index is 0.117. The second-order valence-electron chi connectivity index (χ2n) is 6.51. The van der Waals surface area contributed by atoms with E-state index in [1.54, 1.807) is 6.92 Å². The Labute approximate surface area is 183 Å². The van der Waals surface area contributed by atoms with E-state index in [9.17, 15) is 9.59 Å². The van der Waals surface area contributed by atoms with Crippen LogP contribution < -0.4 is 10.1 Å². The summed E-state index contributed by atoms with van der Waals surface area (Å²) in [6, 6.07) is 7.72. The Morgan fingerprint density at radius 2 is 1.90 bits per heavy atom. The fourth-order valence-corrected chi connectivity index (χ4v) is 4.85. The number of aromatic nitrogens is 1. The van der Waals surface area contributed by atoms with Crippen molar-refractivity contribution in [2.24, 2.45) is 0 Å². The summed E-state index contributed by atoms with van der Waals surface area (Å²) in [4.78, 5) is 30.5. The summed E-state index contributed by atoms with van der Waals surface area (Å²) in [5.41, 5.74) is 2.83. The standard InChI is InChI=1S/C22H24N2O4S2/c1-5-27-17-10-8-7-9-16(17)20-23-15(12-29-20)11-18(25)24-21-19(22(26)28-6-2)13(3)14(4)30-21/h7-10,12H,5-6,11H2,1-4H3,(H,24,25). The molecule has 0 atom stereocenters. The number of aryl methyl sites for hydroxylation is 1. The minimum Gasteiger partial charge on any atom is -0.493 e. The summed E-state index contributed by atoms with van der Waals surface area (Å²) in [7, 11) is 0. The van der Waals surface area contributed by atoms with Gasteiger partial charge in [-0.05, 0) is 45.4 Å². The molecule has 0 aliphatic rings. The summed E-state index contributed by atoms with van der Waals surface area (Å²) < 4.78 is 10.8. The Morgan fingerprint density at radius 1 is 1.13 bits per heavy atom. The highest BCUT2D eigenvalue weighted by Crippen LogP contribution is 2.34. The molecule has 6 nitrogen and oxygen atoms in total. The smallest absolute Gasteiger partial charge is 0.341 e. The van der Waals surface area contributed by atoms with Crippen molar-refractivity contribution in [1.29, 1.82) is 0 Å². The van der Waals surface area contributed by atoms with Crippen molar-refractivity contribution < 1.29 is 19.1 Å². The van der Waals surface area contributed by atoms with E-state index >= 15 is 0 Å². The molecule has 0 saturated heterocycles. The molecule has 1 aromatic carbocycles. The van der Waals surface area contributed by atoms with Gasteiger partial charge in [-0.3, -0.25) is 4.79 Å². The molecule has 0 unspecified atom stereocenters. The van der Waals surface area contributed by atoms with E-state index in [4.69, 9.17) is 9.47 Å². The predicted molar refractivity (Wildman–Crippen MR) is 121 cm³/mol. The van der Waals surface area contributed by atoms with Crippen molar-refractivity contribution in [3.63, 3.8) is 0 Å². The molecule has 0 aliphatic carbocycles. The number of hydrogen-bond acceptors (Lipinski definition) is 7. The summed E-state index contributed by atoms with van der Waals surface area (Å²) in [6.45, 7) is 8.32. The Balaban J connectivity index is 1.75. The number of hydrogen-bond donors (Lipinski definition) is 1. The van der Waals surface area contributed by atoms with Crippen LogP contribution in [0.1, 0.15) is 40.3 Å². The van der Waals surface area contributed by atoms with E-state index in [0.29, 0.717) is 22.9 Å². The van der Waals surface area contributed by atoms with E-state index in [1.807, 2.05) is 50.4 Å². The van der Waals surface area contributed by atoms with Crippen molar-refractivity contribution in [1.82, 2.24) is 4.98 Å². The van der Waals surface area contributed by atoms with E-state index in [-0.39, 0.29) is 18.9 Å². The molecular weight excluding hydrogens is 420 g/mol. The number of benzene rings is 1. The van der Waals surface area contributed by atoms with Crippen molar-refractivity contribution in [2.45, 2.75) is 34.1 Å². The van der Waals surface area contributed by atoms with Crippen molar-refractivity contribution >= 4 is 39.6 Å². The number of carbonyl (C=O) groups excluding carboxylic acids is 2. The highest BCUT2D eigenvalue weighted by atomic mass is 32.1. The predicted octanol–water partition coefficient (Wildman–Crippen LogP) is 5.25. The number of carbonyl (C=O) groups is 2. The van der Waals surface area contributed by atoms with Crippen LogP contribution >= 0.6 is 22.7 Å². The Morgan fingerprint density at radius 3 is 2.63 bits per heavy atom. The van der Waals surface area contributed by atoms with Crippen LogP contribution in [-0.4, -0.2) is 30.1 Å². The average Bonchev–Trinajstić information content (AvgIpc) is 3.27. The summed E-state index contributed by atoms with van der Waals surface area (Å²) in [6.07, 6.45) is 0.117. The van der Waals surface area contributed by atoms with Crippen LogP contribution in [0, 0.1) is 13.8 Å². The van der Waals surface area contributed by atoms with Crippen LogP contribution in [0.3, 0.4) is 0 Å². The summed E-state index contributed by atoms with van der Waals surface area (Å²) >= 11 is 2.85. The SMILES string of the molecule is CCOC(=O)c1c(NC(=O)Cc2csc(-c3ccccc3OCC)n2)sc(C)c1C. The maximum Gasteiger partial charge on any atom is 0.341 e. The third-order valence-electron chi connectivity index (χ3n) is 4.43. The van der Waals surface area contributed by atoms with Crippen LogP contribution in [0.5, 0.6) is 5.75 Å². The Kier molecular flexibility index (Phi) is 7.23. The quantitative estimate of drug-likeness (QED) is 0.481. The number of thiazole rings is 1. The van der Waals surface area contributed by atoms with Gasteiger partial charge in [-0.1, -0.05) is 12.1 Å². The largest absolute Gasteiger partial charge is 0.493 e. The van der Waals surface area contributed by atoms with Crippen LogP contribution in [0.15, 0.2) is 29.6 Å². The average molecular weight is 445 g/mol. The second-order valence-corrected chi connectivity index (χ2v) is 8.59. The molecule has 158 valence electrons. The number of amides is 1. The van der Waals surface area contributed by atoms with Crippen molar-refractivity contribution in [2.75, 3.05) is 18.5 Å². The molecule has 0 fully saturated rings. The summed E-state index contributed by atoms with van der Waals surface area (Å²) in [5, 5.41) is 6.05. The monoisotopic (exact) mass is 444 g/mol. The Hall–Kier alpha value is -2.71. The van der Waals surface area contributed by atoms with Crippen molar-refractivity contribution in [3.8, 4) is 16.3 Å². The van der Waals surface area contributed by atoms with Crippen LogP contribution in [-0.2, 0) is 16.0 Å². The lowest BCUT2D eigenvalue weighted by Gasteiger charge is -2.07. The molecule has 0 aliphatic heterocycles.